The number of anilines is 3. The van der Waals surface area contributed by atoms with Crippen LogP contribution in [-0.4, -0.2) is 0 Å². The maximum absolute atomic E-state index is 6.12. The normalized spacial score (nSPS) is 11.6. The van der Waals surface area contributed by atoms with Crippen molar-refractivity contribution >= 4 is 71.7 Å². The van der Waals surface area contributed by atoms with Gasteiger partial charge in [-0.25, -0.2) is 0 Å². The third kappa shape index (κ3) is 6.23. The van der Waals surface area contributed by atoms with Crippen molar-refractivity contribution in [3.8, 4) is 44.5 Å². The molecule has 0 saturated heterocycles. The molecule has 0 aliphatic rings. The quantitative estimate of drug-likeness (QED) is 0.161. The summed E-state index contributed by atoms with van der Waals surface area (Å²) in [7, 11) is 0. The fourth-order valence-electron chi connectivity index (χ4n) is 8.89. The summed E-state index contributed by atoms with van der Waals surface area (Å²) < 4.78 is 12.2. The van der Waals surface area contributed by atoms with E-state index in [1.165, 1.54) is 33.0 Å². The number of nitrogens with zero attached hydrogens (tertiary/aromatic N) is 1. The number of para-hydroxylation sites is 2. The maximum Gasteiger partial charge on any atom is 0.135 e. The Morgan fingerprint density at radius 1 is 0.230 bits per heavy atom. The third-order valence-electron chi connectivity index (χ3n) is 12.1. The van der Waals surface area contributed by atoms with Crippen molar-refractivity contribution in [2.75, 3.05) is 4.90 Å². The average Bonchev–Trinajstić information content (AvgIpc) is 3.90. The number of furan rings is 2. The van der Waals surface area contributed by atoms with Gasteiger partial charge in [0.25, 0.3) is 0 Å². The average molecular weight is 780 g/mol. The van der Waals surface area contributed by atoms with Crippen LogP contribution in [-0.2, 0) is 0 Å². The predicted molar refractivity (Wildman–Crippen MR) is 255 cm³/mol. The van der Waals surface area contributed by atoms with Gasteiger partial charge in [0, 0.05) is 38.6 Å². The van der Waals surface area contributed by atoms with Gasteiger partial charge >= 0.3 is 0 Å². The van der Waals surface area contributed by atoms with E-state index in [4.69, 9.17) is 8.83 Å². The van der Waals surface area contributed by atoms with E-state index in [2.05, 4.69) is 205 Å². The minimum atomic E-state index is 0.901. The first-order valence-electron chi connectivity index (χ1n) is 20.7. The Bertz CT molecular complexity index is 3400. The van der Waals surface area contributed by atoms with E-state index in [9.17, 15) is 0 Å². The highest BCUT2D eigenvalue weighted by molar-refractivity contribution is 6.07. The van der Waals surface area contributed by atoms with E-state index in [1.54, 1.807) is 0 Å². The van der Waals surface area contributed by atoms with Crippen molar-refractivity contribution in [3.05, 3.63) is 224 Å². The lowest BCUT2D eigenvalue weighted by Gasteiger charge is -2.26. The lowest BCUT2D eigenvalue weighted by atomic mass is 9.98. The molecule has 0 amide bonds. The topological polar surface area (TPSA) is 29.5 Å². The highest BCUT2D eigenvalue weighted by Gasteiger charge is 2.16. The second kappa shape index (κ2) is 14.3. The highest BCUT2D eigenvalue weighted by Crippen LogP contribution is 2.40. The molecule has 0 spiro atoms. The second-order valence-corrected chi connectivity index (χ2v) is 15.7. The van der Waals surface area contributed by atoms with Crippen LogP contribution in [0.2, 0.25) is 0 Å². The number of rotatable bonds is 7. The van der Waals surface area contributed by atoms with Crippen molar-refractivity contribution in [1.29, 1.82) is 0 Å². The summed E-state index contributed by atoms with van der Waals surface area (Å²) in [5, 5.41) is 7.03. The molecular weight excluding hydrogens is 743 g/mol. The molecule has 0 atom stereocenters. The molecule has 0 N–H and O–H groups in total. The van der Waals surface area contributed by atoms with Crippen LogP contribution in [0, 0.1) is 0 Å². The number of benzene rings is 10. The predicted octanol–water partition coefficient (Wildman–Crippen LogP) is 16.8. The minimum Gasteiger partial charge on any atom is -0.456 e. The van der Waals surface area contributed by atoms with Crippen LogP contribution in [0.15, 0.2) is 233 Å². The Labute approximate surface area is 353 Å². The van der Waals surface area contributed by atoms with E-state index >= 15 is 0 Å². The Balaban J connectivity index is 0.886. The van der Waals surface area contributed by atoms with Crippen LogP contribution in [0.5, 0.6) is 0 Å². The SMILES string of the molecule is c1ccc2cc(-c3ccc(-c4ccc(N(c5ccc(-c6ccc7oc8ccccc8c7c6)cc5)c5ccc(-c6ccc7oc8ccccc8c7c6)cc5)cc4)cc3)ccc2c1. The molecule has 0 aliphatic heterocycles. The van der Waals surface area contributed by atoms with Crippen molar-refractivity contribution in [3.63, 3.8) is 0 Å². The molecule has 0 saturated carbocycles. The van der Waals surface area contributed by atoms with Gasteiger partial charge in [-0.05, 0) is 134 Å². The van der Waals surface area contributed by atoms with Crippen LogP contribution in [0.3, 0.4) is 0 Å². The molecule has 12 aromatic rings. The first kappa shape index (κ1) is 34.9. The zero-order valence-electron chi connectivity index (χ0n) is 33.1. The Morgan fingerprint density at radius 3 is 1.03 bits per heavy atom. The first-order chi connectivity index (χ1) is 30.2. The van der Waals surface area contributed by atoms with Crippen molar-refractivity contribution in [2.45, 2.75) is 0 Å². The van der Waals surface area contributed by atoms with Crippen LogP contribution >= 0.6 is 0 Å². The van der Waals surface area contributed by atoms with Crippen LogP contribution in [0.4, 0.5) is 17.1 Å². The Morgan fingerprint density at radius 2 is 0.557 bits per heavy atom. The molecule has 0 bridgehead atoms. The van der Waals surface area contributed by atoms with Gasteiger partial charge in [-0.1, -0.05) is 146 Å². The Hall–Kier alpha value is -8.14. The van der Waals surface area contributed by atoms with Gasteiger partial charge in [-0.15, -0.1) is 0 Å². The molecule has 61 heavy (non-hydrogen) atoms. The van der Waals surface area contributed by atoms with Crippen molar-refractivity contribution < 1.29 is 8.83 Å². The van der Waals surface area contributed by atoms with Gasteiger partial charge in [0.2, 0.25) is 0 Å². The van der Waals surface area contributed by atoms with E-state index < -0.39 is 0 Å². The highest BCUT2D eigenvalue weighted by atomic mass is 16.3. The fourth-order valence-corrected chi connectivity index (χ4v) is 8.89. The Kier molecular flexibility index (Phi) is 8.17. The van der Waals surface area contributed by atoms with Crippen LogP contribution in [0.25, 0.3) is 99.2 Å². The first-order valence-corrected chi connectivity index (χ1v) is 20.7. The second-order valence-electron chi connectivity index (χ2n) is 15.7. The fraction of sp³-hybridized carbons (Fsp3) is 0. The molecular formula is C58H37NO2. The van der Waals surface area contributed by atoms with Gasteiger partial charge in [0.05, 0.1) is 0 Å². The molecule has 3 nitrogen and oxygen atoms in total. The summed E-state index contributed by atoms with van der Waals surface area (Å²) in [6, 6.07) is 80.2. The van der Waals surface area contributed by atoms with E-state index in [1.807, 2.05) is 24.3 Å². The summed E-state index contributed by atoms with van der Waals surface area (Å²) in [6.45, 7) is 0. The van der Waals surface area contributed by atoms with Gasteiger partial charge in [-0.2, -0.15) is 0 Å². The zero-order valence-corrected chi connectivity index (χ0v) is 33.1. The summed E-state index contributed by atoms with van der Waals surface area (Å²) in [5.41, 5.74) is 16.2. The monoisotopic (exact) mass is 779 g/mol. The summed E-state index contributed by atoms with van der Waals surface area (Å²) in [6.07, 6.45) is 0. The van der Waals surface area contributed by atoms with Crippen molar-refractivity contribution in [2.24, 2.45) is 0 Å². The molecule has 10 aromatic carbocycles. The molecule has 0 radical (unpaired) electrons. The standard InChI is InChI=1S/C58H37NO2/c1-2-8-44-35-45(18-17-38(44)7-1)41-15-13-39(14-16-41)40-19-27-48(28-20-40)59(49-29-21-42(22-30-49)46-25-33-57-53(36-46)51-9-3-5-11-55(51)60-57)50-31-23-43(24-32-50)47-26-34-58-54(37-47)52-10-4-6-12-56(52)61-58/h1-37H. The largest absolute Gasteiger partial charge is 0.456 e. The van der Waals surface area contributed by atoms with E-state index in [0.717, 1.165) is 83.2 Å². The third-order valence-corrected chi connectivity index (χ3v) is 12.1. The molecule has 286 valence electrons. The van der Waals surface area contributed by atoms with E-state index in [0.29, 0.717) is 0 Å². The van der Waals surface area contributed by atoms with Gasteiger partial charge in [-0.3, -0.25) is 0 Å². The molecule has 0 aliphatic carbocycles. The van der Waals surface area contributed by atoms with Crippen LogP contribution < -0.4 is 4.90 Å². The molecule has 0 unspecified atom stereocenters. The van der Waals surface area contributed by atoms with Gasteiger partial charge < -0.3 is 13.7 Å². The lowest BCUT2D eigenvalue weighted by Crippen LogP contribution is -2.09. The minimum absolute atomic E-state index is 0.901. The maximum atomic E-state index is 6.12. The number of fused-ring (bicyclic) bond motifs is 7. The molecule has 2 heterocycles. The zero-order chi connectivity index (χ0) is 40.3. The summed E-state index contributed by atoms with van der Waals surface area (Å²) in [4.78, 5) is 2.33. The number of hydrogen-bond donors (Lipinski definition) is 0. The van der Waals surface area contributed by atoms with Crippen LogP contribution in [0.1, 0.15) is 0 Å². The van der Waals surface area contributed by atoms with Gasteiger partial charge in [0.1, 0.15) is 22.3 Å². The molecule has 12 rings (SSSR count). The smallest absolute Gasteiger partial charge is 0.135 e. The molecule has 3 heteroatoms. The summed E-state index contributed by atoms with van der Waals surface area (Å²) >= 11 is 0. The number of hydrogen-bond acceptors (Lipinski definition) is 3. The van der Waals surface area contributed by atoms with E-state index in [-0.39, 0.29) is 0 Å². The van der Waals surface area contributed by atoms with Crippen molar-refractivity contribution in [1.82, 2.24) is 0 Å². The molecule has 2 aromatic heterocycles. The van der Waals surface area contributed by atoms with Gasteiger partial charge in [0.15, 0.2) is 0 Å². The summed E-state index contributed by atoms with van der Waals surface area (Å²) in [5.74, 6) is 0. The molecule has 0 fully saturated rings. The lowest BCUT2D eigenvalue weighted by molar-refractivity contribution is 0.668.